The lowest BCUT2D eigenvalue weighted by Crippen LogP contribution is -2.35. The largest absolute Gasteiger partial charge is 0.457 e. The number of ether oxygens (including phenoxy) is 1. The van der Waals surface area contributed by atoms with E-state index in [2.05, 4.69) is 94.5 Å². The molecule has 1 unspecified atom stereocenters. The summed E-state index contributed by atoms with van der Waals surface area (Å²) in [6.45, 7) is 8.70. The van der Waals surface area contributed by atoms with Crippen molar-refractivity contribution in [1.29, 1.82) is 0 Å². The predicted octanol–water partition coefficient (Wildman–Crippen LogP) is 7.88. The van der Waals surface area contributed by atoms with Crippen molar-refractivity contribution in [3.8, 4) is 34.5 Å². The lowest BCUT2D eigenvalue weighted by atomic mass is 9.94. The number of aromatic nitrogens is 3. The smallest absolute Gasteiger partial charge is 0.147 e. The molecule has 0 bridgehead atoms. The van der Waals surface area contributed by atoms with Crippen LogP contribution in [0.15, 0.2) is 91.3 Å². The van der Waals surface area contributed by atoms with Gasteiger partial charge in [0.05, 0.1) is 5.39 Å². The van der Waals surface area contributed by atoms with Gasteiger partial charge in [-0.05, 0) is 88.0 Å². The fraction of sp³-hybridized carbons (Fsp3) is 0.278. The van der Waals surface area contributed by atoms with E-state index >= 15 is 0 Å². The number of para-hydroxylation sites is 1. The van der Waals surface area contributed by atoms with E-state index in [4.69, 9.17) is 10.5 Å². The molecule has 5 aromatic rings. The molecule has 1 aliphatic heterocycles. The van der Waals surface area contributed by atoms with Crippen LogP contribution >= 0.6 is 0 Å². The van der Waals surface area contributed by atoms with Crippen LogP contribution in [-0.4, -0.2) is 32.5 Å². The standard InChI is InChI=1S/C36H37N5O/c1-25(2)41-32(19-14-27-20-22-40(23-21-27)26(3)28-10-6-4-7-11-28)33(34-35(37)38-24-39-36(34)41)29-15-17-31(18-16-29)42-30-12-8-5-9-13-30/h4-13,15-18,24-27H,20-23H2,1-3H3,(H2,37,38,39). The number of nitrogens with two attached hydrogens (primary N) is 1. The maximum Gasteiger partial charge on any atom is 0.147 e. The van der Waals surface area contributed by atoms with E-state index in [1.165, 1.54) is 11.9 Å². The molecule has 1 fully saturated rings. The summed E-state index contributed by atoms with van der Waals surface area (Å²) in [6, 6.07) is 29.2. The van der Waals surface area contributed by atoms with Gasteiger partial charge in [-0.25, -0.2) is 9.97 Å². The molecule has 2 aromatic heterocycles. The Morgan fingerprint density at radius 1 is 0.833 bits per heavy atom. The highest BCUT2D eigenvalue weighted by Crippen LogP contribution is 2.39. The SMILES string of the molecule is CC(c1ccccc1)N1CCC(C#Cc2c(-c3ccc(Oc4ccccc4)cc3)c3c(N)ncnc3n2C(C)C)CC1. The summed E-state index contributed by atoms with van der Waals surface area (Å²) in [5.41, 5.74) is 11.6. The summed E-state index contributed by atoms with van der Waals surface area (Å²) >= 11 is 0. The molecule has 1 atom stereocenters. The third-order valence-electron chi connectivity index (χ3n) is 8.20. The Labute approximate surface area is 248 Å². The molecule has 6 nitrogen and oxygen atoms in total. The molecule has 1 saturated heterocycles. The van der Waals surface area contributed by atoms with Crippen LogP contribution in [0.1, 0.15) is 57.0 Å². The van der Waals surface area contributed by atoms with E-state index in [9.17, 15) is 0 Å². The molecule has 42 heavy (non-hydrogen) atoms. The second-order valence-electron chi connectivity index (χ2n) is 11.3. The summed E-state index contributed by atoms with van der Waals surface area (Å²) in [5, 5.41) is 0.846. The van der Waals surface area contributed by atoms with Gasteiger partial charge in [0, 0.05) is 23.6 Å². The van der Waals surface area contributed by atoms with E-state index in [-0.39, 0.29) is 6.04 Å². The zero-order valence-electron chi connectivity index (χ0n) is 24.5. The second kappa shape index (κ2) is 12.1. The third kappa shape index (κ3) is 5.61. The molecule has 6 heteroatoms. The van der Waals surface area contributed by atoms with Crippen LogP contribution in [0.25, 0.3) is 22.2 Å². The Morgan fingerprint density at radius 2 is 1.48 bits per heavy atom. The number of nitrogens with zero attached hydrogens (tertiary/aromatic N) is 4. The zero-order chi connectivity index (χ0) is 29.1. The van der Waals surface area contributed by atoms with Gasteiger partial charge in [0.1, 0.15) is 35.0 Å². The van der Waals surface area contributed by atoms with E-state index in [1.54, 1.807) is 0 Å². The molecule has 0 aliphatic carbocycles. The predicted molar refractivity (Wildman–Crippen MR) is 170 cm³/mol. The summed E-state index contributed by atoms with van der Waals surface area (Å²) in [5.74, 6) is 9.64. The van der Waals surface area contributed by atoms with Gasteiger partial charge in [0.25, 0.3) is 0 Å². The first-order chi connectivity index (χ1) is 20.5. The highest BCUT2D eigenvalue weighted by Gasteiger charge is 2.25. The molecule has 6 rings (SSSR count). The first-order valence-corrected chi connectivity index (χ1v) is 14.8. The maximum absolute atomic E-state index is 6.50. The highest BCUT2D eigenvalue weighted by molar-refractivity contribution is 6.03. The number of fused-ring (bicyclic) bond motifs is 1. The molecule has 0 amide bonds. The quantitative estimate of drug-likeness (QED) is 0.216. The van der Waals surface area contributed by atoms with E-state index in [0.717, 1.165) is 65.3 Å². The molecular weight excluding hydrogens is 518 g/mol. The molecule has 2 N–H and O–H groups in total. The Bertz CT molecular complexity index is 1710. The van der Waals surface area contributed by atoms with Crippen molar-refractivity contribution in [3.05, 3.63) is 103 Å². The second-order valence-corrected chi connectivity index (χ2v) is 11.3. The molecule has 3 heterocycles. The summed E-state index contributed by atoms with van der Waals surface area (Å²) in [6.07, 6.45) is 3.64. The Hall–Kier alpha value is -4.60. The van der Waals surface area contributed by atoms with Gasteiger partial charge >= 0.3 is 0 Å². The van der Waals surface area contributed by atoms with Gasteiger partial charge in [-0.3, -0.25) is 4.90 Å². The molecule has 0 spiro atoms. The normalized spacial score (nSPS) is 15.0. The summed E-state index contributed by atoms with van der Waals surface area (Å²) in [7, 11) is 0. The number of benzene rings is 3. The monoisotopic (exact) mass is 555 g/mol. The molecule has 3 aromatic carbocycles. The number of nitrogen functional groups attached to an aromatic ring is 1. The number of hydrogen-bond acceptors (Lipinski definition) is 5. The van der Waals surface area contributed by atoms with Crippen molar-refractivity contribution in [2.75, 3.05) is 18.8 Å². The Morgan fingerprint density at radius 3 is 2.14 bits per heavy atom. The number of piperidine rings is 1. The van der Waals surface area contributed by atoms with Gasteiger partial charge in [0.15, 0.2) is 0 Å². The van der Waals surface area contributed by atoms with Crippen LogP contribution in [0.2, 0.25) is 0 Å². The fourth-order valence-corrected chi connectivity index (χ4v) is 5.92. The van der Waals surface area contributed by atoms with Gasteiger partial charge in [-0.2, -0.15) is 0 Å². The minimum atomic E-state index is 0.147. The Balaban J connectivity index is 1.32. The summed E-state index contributed by atoms with van der Waals surface area (Å²) < 4.78 is 8.25. The Kier molecular flexibility index (Phi) is 7.94. The van der Waals surface area contributed by atoms with Gasteiger partial charge < -0.3 is 15.0 Å². The average molecular weight is 556 g/mol. The van der Waals surface area contributed by atoms with E-state index < -0.39 is 0 Å². The number of hydrogen-bond donors (Lipinski definition) is 1. The molecule has 1 aliphatic rings. The van der Waals surface area contributed by atoms with Crippen LogP contribution in [0.3, 0.4) is 0 Å². The maximum atomic E-state index is 6.50. The van der Waals surface area contributed by atoms with E-state index in [1.807, 2.05) is 42.5 Å². The zero-order valence-corrected chi connectivity index (χ0v) is 24.5. The molecular formula is C36H37N5O. The van der Waals surface area contributed by atoms with Crippen molar-refractivity contribution < 1.29 is 4.74 Å². The number of rotatable bonds is 6. The third-order valence-corrected chi connectivity index (χ3v) is 8.20. The highest BCUT2D eigenvalue weighted by atomic mass is 16.5. The minimum Gasteiger partial charge on any atom is -0.457 e. The first-order valence-electron chi connectivity index (χ1n) is 14.8. The van der Waals surface area contributed by atoms with Crippen molar-refractivity contribution in [2.24, 2.45) is 5.92 Å². The van der Waals surface area contributed by atoms with Crippen LogP contribution < -0.4 is 10.5 Å². The minimum absolute atomic E-state index is 0.147. The summed E-state index contributed by atoms with van der Waals surface area (Å²) in [4.78, 5) is 11.6. The van der Waals surface area contributed by atoms with E-state index in [0.29, 0.717) is 17.8 Å². The first kappa shape index (κ1) is 27.6. The number of likely N-dealkylation sites (tertiary alicyclic amines) is 1. The van der Waals surface area contributed by atoms with Gasteiger partial charge in [-0.15, -0.1) is 0 Å². The van der Waals surface area contributed by atoms with Crippen molar-refractivity contribution in [2.45, 2.75) is 45.7 Å². The molecule has 212 valence electrons. The lowest BCUT2D eigenvalue weighted by Gasteiger charge is -2.34. The van der Waals surface area contributed by atoms with Crippen LogP contribution in [0.5, 0.6) is 11.5 Å². The van der Waals surface area contributed by atoms with Gasteiger partial charge in [0.2, 0.25) is 0 Å². The van der Waals surface area contributed by atoms with Crippen LogP contribution in [0, 0.1) is 17.8 Å². The van der Waals surface area contributed by atoms with Crippen LogP contribution in [0.4, 0.5) is 5.82 Å². The molecule has 0 radical (unpaired) electrons. The average Bonchev–Trinajstić information content (AvgIpc) is 3.37. The topological polar surface area (TPSA) is 69.2 Å². The van der Waals surface area contributed by atoms with Crippen molar-refractivity contribution >= 4 is 16.9 Å². The van der Waals surface area contributed by atoms with Crippen LogP contribution in [-0.2, 0) is 0 Å². The molecule has 0 saturated carbocycles. The fourth-order valence-electron chi connectivity index (χ4n) is 5.92. The van der Waals surface area contributed by atoms with Crippen molar-refractivity contribution in [1.82, 2.24) is 19.4 Å². The number of anilines is 1. The van der Waals surface area contributed by atoms with Gasteiger partial charge in [-0.1, -0.05) is 66.6 Å². The lowest BCUT2D eigenvalue weighted by molar-refractivity contribution is 0.157. The van der Waals surface area contributed by atoms with Crippen molar-refractivity contribution in [3.63, 3.8) is 0 Å².